The maximum atomic E-state index is 13.5. The maximum absolute atomic E-state index is 13.5. The number of aliphatic carboxylic acids is 1. The first-order valence-corrected chi connectivity index (χ1v) is 10.7. The van der Waals surface area contributed by atoms with Gasteiger partial charge in [0.1, 0.15) is 10.8 Å². The summed E-state index contributed by atoms with van der Waals surface area (Å²) in [5.74, 6) is -2.21. The van der Waals surface area contributed by atoms with E-state index in [4.69, 9.17) is 9.90 Å². The first kappa shape index (κ1) is 22.8. The molecule has 0 saturated carbocycles. The van der Waals surface area contributed by atoms with Crippen LogP contribution in [-0.2, 0) is 16.1 Å². The van der Waals surface area contributed by atoms with Crippen molar-refractivity contribution in [1.82, 2.24) is 14.8 Å². The first-order chi connectivity index (χ1) is 14.9. The summed E-state index contributed by atoms with van der Waals surface area (Å²) in [5.41, 5.74) is -0.156. The number of piperidine rings is 1. The molecule has 1 spiro atoms. The molecule has 1 amide bonds. The number of hydrogen-bond donors (Lipinski definition) is 2. The number of rotatable bonds is 4. The van der Waals surface area contributed by atoms with Gasteiger partial charge >= 0.3 is 5.97 Å². The Morgan fingerprint density at radius 3 is 2.61 bits per heavy atom. The summed E-state index contributed by atoms with van der Waals surface area (Å²) in [7, 11) is 0. The number of nitrogens with zero attached hydrogens (tertiary/aromatic N) is 3. The number of carboxylic acid groups (broad SMARTS) is 2. The summed E-state index contributed by atoms with van der Waals surface area (Å²) < 4.78 is 13.5. The van der Waals surface area contributed by atoms with Gasteiger partial charge in [0.15, 0.2) is 0 Å². The van der Waals surface area contributed by atoms with E-state index in [0.717, 1.165) is 37.5 Å². The number of carbonyl (C=O) groups is 3. The molecule has 1 aromatic heterocycles. The van der Waals surface area contributed by atoms with Gasteiger partial charge in [-0.1, -0.05) is 6.07 Å². The average Bonchev–Trinajstić information content (AvgIpc) is 3.38. The van der Waals surface area contributed by atoms with Crippen molar-refractivity contribution in [2.24, 2.45) is 11.3 Å². The third-order valence-corrected chi connectivity index (χ3v) is 6.76. The molecular formula is C21H24FN3O5S. The van der Waals surface area contributed by atoms with Crippen molar-refractivity contribution in [2.75, 3.05) is 26.2 Å². The van der Waals surface area contributed by atoms with Crippen molar-refractivity contribution >= 4 is 29.7 Å². The van der Waals surface area contributed by atoms with Crippen LogP contribution in [0.1, 0.15) is 28.2 Å². The molecular weight excluding hydrogens is 425 g/mol. The molecule has 2 aliphatic heterocycles. The average molecular weight is 450 g/mol. The summed E-state index contributed by atoms with van der Waals surface area (Å²) in [6, 6.07) is 5.57. The quantitative estimate of drug-likeness (QED) is 0.690. The van der Waals surface area contributed by atoms with Crippen LogP contribution in [-0.4, -0.2) is 69.5 Å². The highest BCUT2D eigenvalue weighted by molar-refractivity contribution is 7.09. The number of benzene rings is 1. The molecule has 4 rings (SSSR count). The Kier molecular flexibility index (Phi) is 7.34. The van der Waals surface area contributed by atoms with Gasteiger partial charge in [-0.05, 0) is 44.1 Å². The molecule has 10 heteroatoms. The van der Waals surface area contributed by atoms with Gasteiger partial charge in [-0.2, -0.15) is 0 Å². The highest BCUT2D eigenvalue weighted by Gasteiger charge is 2.52. The lowest BCUT2D eigenvalue weighted by atomic mass is 9.71. The summed E-state index contributed by atoms with van der Waals surface area (Å²) in [6.07, 6.45) is 3.24. The molecule has 0 radical (unpaired) electrons. The highest BCUT2D eigenvalue weighted by Crippen LogP contribution is 2.45. The van der Waals surface area contributed by atoms with Crippen LogP contribution in [0.5, 0.6) is 0 Å². The fourth-order valence-electron chi connectivity index (χ4n) is 4.45. The number of thiazole rings is 1. The molecule has 166 valence electrons. The molecule has 1 aromatic carbocycles. The number of aromatic nitrogens is 1. The molecule has 2 N–H and O–H groups in total. The van der Waals surface area contributed by atoms with Gasteiger partial charge < -0.3 is 15.1 Å². The predicted octanol–water partition coefficient (Wildman–Crippen LogP) is 2.42. The number of halogens is 1. The molecule has 0 aliphatic carbocycles. The summed E-state index contributed by atoms with van der Waals surface area (Å²) in [4.78, 5) is 41.3. The lowest BCUT2D eigenvalue weighted by molar-refractivity contribution is -0.146. The maximum Gasteiger partial charge on any atom is 0.308 e. The fraction of sp³-hybridized carbons (Fsp3) is 0.429. The Hall–Kier alpha value is -2.85. The van der Waals surface area contributed by atoms with E-state index in [1.807, 2.05) is 5.38 Å². The van der Waals surface area contributed by atoms with Crippen molar-refractivity contribution in [3.63, 3.8) is 0 Å². The van der Waals surface area contributed by atoms with Crippen molar-refractivity contribution in [3.05, 3.63) is 52.2 Å². The molecule has 2 fully saturated rings. The standard InChI is InChI=1S/C20H22FN3O3S.CH2O2/c21-15-3-1-2-14(10-15)18(25)24-11-16(19(26)27)20(13-24)4-7-23(8-5-20)12-17-22-6-9-28-17;2-1-3/h1-3,6,9-10,16H,4-5,7-8,11-13H2,(H,26,27);1H,(H,2,3). The normalized spacial score (nSPS) is 20.2. The fourth-order valence-corrected chi connectivity index (χ4v) is 5.11. The third-order valence-electron chi connectivity index (χ3n) is 6.00. The van der Waals surface area contributed by atoms with Gasteiger partial charge in [0, 0.05) is 35.6 Å². The van der Waals surface area contributed by atoms with Crippen molar-refractivity contribution < 1.29 is 29.0 Å². The van der Waals surface area contributed by atoms with Crippen molar-refractivity contribution in [2.45, 2.75) is 19.4 Å². The van der Waals surface area contributed by atoms with E-state index in [9.17, 15) is 19.1 Å². The molecule has 2 saturated heterocycles. The van der Waals surface area contributed by atoms with Crippen LogP contribution in [0, 0.1) is 17.2 Å². The van der Waals surface area contributed by atoms with Crippen LogP contribution in [0.25, 0.3) is 0 Å². The van der Waals surface area contributed by atoms with Gasteiger partial charge in [-0.15, -0.1) is 11.3 Å². The Labute approximate surface area is 182 Å². The third kappa shape index (κ3) is 5.26. The minimum absolute atomic E-state index is 0.178. The van der Waals surface area contributed by atoms with Gasteiger partial charge in [-0.25, -0.2) is 9.37 Å². The second kappa shape index (κ2) is 9.97. The molecule has 31 heavy (non-hydrogen) atoms. The summed E-state index contributed by atoms with van der Waals surface area (Å²) in [6.45, 7) is 2.68. The molecule has 1 unspecified atom stereocenters. The number of likely N-dealkylation sites (tertiary alicyclic amines) is 2. The SMILES string of the molecule is O=C(O)C1CN(C(=O)c2cccc(F)c2)CC12CCN(Cc1nccs1)CC2.O=CO. The zero-order valence-electron chi connectivity index (χ0n) is 16.8. The zero-order chi connectivity index (χ0) is 22.4. The second-order valence-electron chi connectivity index (χ2n) is 7.76. The first-order valence-electron chi connectivity index (χ1n) is 9.85. The van der Waals surface area contributed by atoms with Crippen LogP contribution in [0.3, 0.4) is 0 Å². The van der Waals surface area contributed by atoms with Crippen molar-refractivity contribution in [3.8, 4) is 0 Å². The Balaban J connectivity index is 0.000000858. The molecule has 0 bridgehead atoms. The molecule has 2 aromatic rings. The summed E-state index contributed by atoms with van der Waals surface area (Å²) in [5, 5.41) is 19.7. The van der Waals surface area contributed by atoms with Gasteiger partial charge in [0.2, 0.25) is 0 Å². The minimum Gasteiger partial charge on any atom is -0.483 e. The van der Waals surface area contributed by atoms with Gasteiger partial charge in [0.05, 0.1) is 12.5 Å². The lowest BCUT2D eigenvalue weighted by Crippen LogP contribution is -2.46. The Morgan fingerprint density at radius 2 is 2.03 bits per heavy atom. The van der Waals surface area contributed by atoms with E-state index >= 15 is 0 Å². The van der Waals surface area contributed by atoms with Crippen LogP contribution in [0.15, 0.2) is 35.8 Å². The molecule has 3 heterocycles. The Morgan fingerprint density at radius 1 is 1.32 bits per heavy atom. The second-order valence-corrected chi connectivity index (χ2v) is 8.74. The monoisotopic (exact) mass is 449 g/mol. The van der Waals surface area contributed by atoms with E-state index in [0.29, 0.717) is 6.54 Å². The van der Waals surface area contributed by atoms with E-state index in [-0.39, 0.29) is 24.5 Å². The predicted molar refractivity (Wildman–Crippen MR) is 111 cm³/mol. The highest BCUT2D eigenvalue weighted by atomic mass is 32.1. The number of hydrogen-bond acceptors (Lipinski definition) is 6. The van der Waals surface area contributed by atoms with Crippen LogP contribution < -0.4 is 0 Å². The van der Waals surface area contributed by atoms with E-state index < -0.39 is 23.1 Å². The van der Waals surface area contributed by atoms with Gasteiger partial charge in [-0.3, -0.25) is 19.3 Å². The van der Waals surface area contributed by atoms with Crippen molar-refractivity contribution in [1.29, 1.82) is 0 Å². The zero-order valence-corrected chi connectivity index (χ0v) is 17.6. The Bertz CT molecular complexity index is 915. The smallest absolute Gasteiger partial charge is 0.308 e. The van der Waals surface area contributed by atoms with Crippen LogP contribution >= 0.6 is 11.3 Å². The lowest BCUT2D eigenvalue weighted by Gasteiger charge is -2.41. The summed E-state index contributed by atoms with van der Waals surface area (Å²) >= 11 is 1.62. The number of carboxylic acids is 1. The molecule has 1 atom stereocenters. The van der Waals surface area contributed by atoms with Crippen LogP contribution in [0.4, 0.5) is 4.39 Å². The number of amides is 1. The minimum atomic E-state index is -0.858. The van der Waals surface area contributed by atoms with Gasteiger partial charge in [0.25, 0.3) is 12.4 Å². The van der Waals surface area contributed by atoms with E-state index in [2.05, 4.69) is 9.88 Å². The van der Waals surface area contributed by atoms with E-state index in [1.54, 1.807) is 28.5 Å². The van der Waals surface area contributed by atoms with Crippen LogP contribution in [0.2, 0.25) is 0 Å². The topological polar surface area (TPSA) is 111 Å². The van der Waals surface area contributed by atoms with E-state index in [1.165, 1.54) is 18.2 Å². The molecule has 8 nitrogen and oxygen atoms in total. The largest absolute Gasteiger partial charge is 0.483 e. The number of carbonyl (C=O) groups excluding carboxylic acids is 1. The molecule has 2 aliphatic rings.